The van der Waals surface area contributed by atoms with Gasteiger partial charge in [-0.25, -0.2) is 12.8 Å². The third kappa shape index (κ3) is 5.53. The highest BCUT2D eigenvalue weighted by Gasteiger charge is 2.29. The lowest BCUT2D eigenvalue weighted by molar-refractivity contribution is -0.116. The summed E-state index contributed by atoms with van der Waals surface area (Å²) in [4.78, 5) is 11.7. The first-order valence-electron chi connectivity index (χ1n) is 9.23. The predicted octanol–water partition coefficient (Wildman–Crippen LogP) is 2.56. The first-order chi connectivity index (χ1) is 13.9. The maximum absolute atomic E-state index is 14.2. The molecule has 0 bridgehead atoms. The highest BCUT2D eigenvalue weighted by Crippen LogP contribution is 2.24. The van der Waals surface area contributed by atoms with E-state index in [1.165, 1.54) is 10.4 Å². The molecule has 0 atom stereocenters. The van der Waals surface area contributed by atoms with Crippen molar-refractivity contribution in [3.8, 4) is 5.75 Å². The average molecular weight is 422 g/mol. The summed E-state index contributed by atoms with van der Waals surface area (Å²) in [6.07, 6.45) is 0.0663. The second-order valence-electron chi connectivity index (χ2n) is 6.62. The molecule has 9 heteroatoms. The molecule has 1 heterocycles. The second kappa shape index (κ2) is 9.34. The van der Waals surface area contributed by atoms with Crippen LogP contribution in [0.2, 0.25) is 0 Å². The summed E-state index contributed by atoms with van der Waals surface area (Å²) in [6.45, 7) is 2.97. The van der Waals surface area contributed by atoms with Crippen LogP contribution in [0.25, 0.3) is 0 Å². The lowest BCUT2D eigenvalue weighted by Gasteiger charge is -2.26. The molecule has 1 saturated heterocycles. The number of ether oxygens (including phenoxy) is 2. The third-order valence-corrected chi connectivity index (χ3v) is 6.34. The smallest absolute Gasteiger partial charge is 0.246 e. The summed E-state index contributed by atoms with van der Waals surface area (Å²) < 4.78 is 51.4. The van der Waals surface area contributed by atoms with Crippen LogP contribution in [0.5, 0.6) is 5.75 Å². The summed E-state index contributed by atoms with van der Waals surface area (Å²) in [6, 6.07) is 10.9. The molecule has 29 heavy (non-hydrogen) atoms. The van der Waals surface area contributed by atoms with Gasteiger partial charge >= 0.3 is 0 Å². The number of nitrogens with one attached hydrogen (secondary N) is 1. The molecule has 2 aromatic carbocycles. The molecule has 1 fully saturated rings. The molecule has 0 spiro atoms. The molecule has 7 nitrogen and oxygen atoms in total. The number of rotatable bonds is 7. The van der Waals surface area contributed by atoms with E-state index in [1.54, 1.807) is 0 Å². The number of carbonyl (C=O) groups excluding carboxylic acids is 1. The molecule has 1 aliphatic rings. The van der Waals surface area contributed by atoms with Crippen molar-refractivity contribution in [2.45, 2.75) is 18.2 Å². The normalized spacial score (nSPS) is 15.1. The zero-order chi connectivity index (χ0) is 20.9. The van der Waals surface area contributed by atoms with Gasteiger partial charge < -0.3 is 14.8 Å². The minimum atomic E-state index is -4.01. The summed E-state index contributed by atoms with van der Waals surface area (Å²) in [5.74, 6) is -0.570. The van der Waals surface area contributed by atoms with Crippen LogP contribution >= 0.6 is 0 Å². The number of carbonyl (C=O) groups is 1. The van der Waals surface area contributed by atoms with Gasteiger partial charge in [0.05, 0.1) is 26.2 Å². The maximum Gasteiger partial charge on any atom is 0.246 e. The van der Waals surface area contributed by atoms with Crippen LogP contribution in [0.3, 0.4) is 0 Å². The molecule has 1 aliphatic heterocycles. The fraction of sp³-hybridized carbons (Fsp3) is 0.350. The Balaban J connectivity index is 1.61. The van der Waals surface area contributed by atoms with Crippen molar-refractivity contribution in [2.75, 3.05) is 38.2 Å². The van der Waals surface area contributed by atoms with E-state index in [-0.39, 0.29) is 50.9 Å². The van der Waals surface area contributed by atoms with E-state index in [4.69, 9.17) is 9.47 Å². The van der Waals surface area contributed by atoms with Crippen LogP contribution in [-0.4, -0.2) is 51.5 Å². The molecule has 1 amide bonds. The van der Waals surface area contributed by atoms with Gasteiger partial charge in [0.25, 0.3) is 0 Å². The first kappa shape index (κ1) is 21.2. The minimum absolute atomic E-state index is 0.0663. The van der Waals surface area contributed by atoms with Gasteiger partial charge in [0.2, 0.25) is 15.9 Å². The van der Waals surface area contributed by atoms with Crippen LogP contribution in [0.15, 0.2) is 47.4 Å². The fourth-order valence-corrected chi connectivity index (χ4v) is 4.32. The molecule has 0 radical (unpaired) electrons. The van der Waals surface area contributed by atoms with Gasteiger partial charge in [0.15, 0.2) is 0 Å². The van der Waals surface area contributed by atoms with E-state index in [0.717, 1.165) is 17.7 Å². The summed E-state index contributed by atoms with van der Waals surface area (Å²) in [5.41, 5.74) is 1.31. The SMILES string of the molecule is Cc1ccc(OCCC(=O)Nc2ccc(F)c(S(=O)(=O)N3CCOCC3)c2)cc1. The van der Waals surface area contributed by atoms with Gasteiger partial charge in [-0.3, -0.25) is 4.79 Å². The molecule has 0 unspecified atom stereocenters. The standard InChI is InChI=1S/C20H23FN2O5S/c1-15-2-5-17(6-3-15)28-11-8-20(24)22-16-4-7-18(21)19(14-16)29(25,26)23-9-12-27-13-10-23/h2-7,14H,8-13H2,1H3,(H,22,24). The molecule has 3 rings (SSSR count). The van der Waals surface area contributed by atoms with Crippen molar-refractivity contribution in [3.05, 3.63) is 53.8 Å². The van der Waals surface area contributed by atoms with Gasteiger partial charge in [-0.2, -0.15) is 4.31 Å². The van der Waals surface area contributed by atoms with E-state index in [0.29, 0.717) is 5.75 Å². The molecular formula is C20H23FN2O5S. The quantitative estimate of drug-likeness (QED) is 0.741. The number of amides is 1. The Morgan fingerprint density at radius 2 is 1.86 bits per heavy atom. The van der Waals surface area contributed by atoms with E-state index in [9.17, 15) is 17.6 Å². The Labute approximate surface area is 169 Å². The Bertz CT molecular complexity index is 957. The van der Waals surface area contributed by atoms with Gasteiger partial charge in [0, 0.05) is 18.8 Å². The number of anilines is 1. The number of aryl methyl sites for hydroxylation is 1. The Hall–Kier alpha value is -2.49. The lowest BCUT2D eigenvalue weighted by atomic mass is 10.2. The van der Waals surface area contributed by atoms with Gasteiger partial charge in [-0.15, -0.1) is 0 Å². The number of sulfonamides is 1. The van der Waals surface area contributed by atoms with E-state index < -0.39 is 20.7 Å². The highest BCUT2D eigenvalue weighted by molar-refractivity contribution is 7.89. The Kier molecular flexibility index (Phi) is 6.83. The molecule has 2 aromatic rings. The molecule has 156 valence electrons. The monoisotopic (exact) mass is 422 g/mol. The van der Waals surface area contributed by atoms with Crippen molar-refractivity contribution >= 4 is 21.6 Å². The van der Waals surface area contributed by atoms with Crippen LogP contribution in [0, 0.1) is 12.7 Å². The third-order valence-electron chi connectivity index (χ3n) is 4.42. The van der Waals surface area contributed by atoms with E-state index in [1.807, 2.05) is 31.2 Å². The zero-order valence-electron chi connectivity index (χ0n) is 16.1. The number of hydrogen-bond donors (Lipinski definition) is 1. The number of halogens is 1. The summed E-state index contributed by atoms with van der Waals surface area (Å²) in [5, 5.41) is 2.59. The van der Waals surface area contributed by atoms with Crippen molar-refractivity contribution in [1.29, 1.82) is 0 Å². The second-order valence-corrected chi connectivity index (χ2v) is 8.53. The first-order valence-corrected chi connectivity index (χ1v) is 10.7. The highest BCUT2D eigenvalue weighted by atomic mass is 32.2. The van der Waals surface area contributed by atoms with E-state index in [2.05, 4.69) is 5.32 Å². The molecule has 0 aromatic heterocycles. The van der Waals surface area contributed by atoms with Crippen LogP contribution in [0.4, 0.5) is 10.1 Å². The van der Waals surface area contributed by atoms with Crippen molar-refractivity contribution in [3.63, 3.8) is 0 Å². The van der Waals surface area contributed by atoms with Crippen LogP contribution in [-0.2, 0) is 19.6 Å². The summed E-state index contributed by atoms with van der Waals surface area (Å²) >= 11 is 0. The number of hydrogen-bond acceptors (Lipinski definition) is 5. The van der Waals surface area contributed by atoms with Gasteiger partial charge in [0.1, 0.15) is 16.5 Å². The van der Waals surface area contributed by atoms with Crippen molar-refractivity contribution in [2.24, 2.45) is 0 Å². The number of nitrogens with zero attached hydrogens (tertiary/aromatic N) is 1. The number of benzene rings is 2. The van der Waals surface area contributed by atoms with Crippen LogP contribution in [0.1, 0.15) is 12.0 Å². The van der Waals surface area contributed by atoms with Gasteiger partial charge in [-0.05, 0) is 37.3 Å². The van der Waals surface area contributed by atoms with Gasteiger partial charge in [-0.1, -0.05) is 17.7 Å². The largest absolute Gasteiger partial charge is 0.493 e. The minimum Gasteiger partial charge on any atom is -0.493 e. The molecule has 1 N–H and O–H groups in total. The summed E-state index contributed by atoms with van der Waals surface area (Å²) in [7, 11) is -4.01. The molecular weight excluding hydrogens is 399 g/mol. The lowest BCUT2D eigenvalue weighted by Crippen LogP contribution is -2.40. The predicted molar refractivity (Wildman–Crippen MR) is 106 cm³/mol. The number of morpholine rings is 1. The molecule has 0 aliphatic carbocycles. The fourth-order valence-electron chi connectivity index (χ4n) is 2.82. The average Bonchev–Trinajstić information content (AvgIpc) is 2.71. The van der Waals surface area contributed by atoms with E-state index >= 15 is 0 Å². The Morgan fingerprint density at radius 1 is 1.17 bits per heavy atom. The van der Waals surface area contributed by atoms with Crippen molar-refractivity contribution < 1.29 is 27.1 Å². The molecule has 0 saturated carbocycles. The van der Waals surface area contributed by atoms with Crippen molar-refractivity contribution in [1.82, 2.24) is 4.31 Å². The topological polar surface area (TPSA) is 84.9 Å². The maximum atomic E-state index is 14.2. The zero-order valence-corrected chi connectivity index (χ0v) is 16.9. The van der Waals surface area contributed by atoms with Crippen LogP contribution < -0.4 is 10.1 Å². The Morgan fingerprint density at radius 3 is 2.55 bits per heavy atom.